The van der Waals surface area contributed by atoms with E-state index in [9.17, 15) is 10.1 Å². The van der Waals surface area contributed by atoms with Crippen LogP contribution < -0.4 is 0 Å². The van der Waals surface area contributed by atoms with E-state index in [0.717, 1.165) is 48.1 Å². The zero-order valence-electron chi connectivity index (χ0n) is 17.6. The number of unbranched alkanes of at least 4 members (excludes halogenated alkanes) is 2. The molecule has 154 valence electrons. The number of esters is 1. The van der Waals surface area contributed by atoms with Crippen LogP contribution in [0.1, 0.15) is 60.4 Å². The number of rotatable bonds is 9. The van der Waals surface area contributed by atoms with Gasteiger partial charge in [-0.05, 0) is 48.6 Å². The molecule has 1 heterocycles. The van der Waals surface area contributed by atoms with Crippen LogP contribution in [-0.4, -0.2) is 22.4 Å². The van der Waals surface area contributed by atoms with E-state index < -0.39 is 0 Å². The van der Waals surface area contributed by atoms with E-state index in [1.165, 1.54) is 0 Å². The molecule has 5 nitrogen and oxygen atoms in total. The first-order valence-corrected chi connectivity index (χ1v) is 10.5. The number of hydrogen-bond donors (Lipinski definition) is 0. The Hall–Kier alpha value is -3.39. The molecule has 0 fully saturated rings. The number of carbonyl (C=O) groups excluding carboxylic acids is 1. The largest absolute Gasteiger partial charge is 0.461 e. The Morgan fingerprint density at radius 2 is 1.87 bits per heavy atom. The number of aromatic nitrogens is 2. The molecule has 1 aromatic heterocycles. The minimum atomic E-state index is -0.378. The van der Waals surface area contributed by atoms with E-state index in [0.29, 0.717) is 24.4 Å². The van der Waals surface area contributed by atoms with Crippen LogP contribution in [0.25, 0.3) is 11.1 Å². The fraction of sp³-hybridized carbons (Fsp3) is 0.320. The summed E-state index contributed by atoms with van der Waals surface area (Å²) in [4.78, 5) is 12.1. The van der Waals surface area contributed by atoms with Crippen molar-refractivity contribution in [1.82, 2.24) is 9.78 Å². The Morgan fingerprint density at radius 1 is 1.10 bits per heavy atom. The normalized spacial score (nSPS) is 10.6. The highest BCUT2D eigenvalue weighted by molar-refractivity contribution is 5.87. The van der Waals surface area contributed by atoms with Crippen molar-refractivity contribution < 1.29 is 9.53 Å². The van der Waals surface area contributed by atoms with Crippen molar-refractivity contribution >= 4 is 5.97 Å². The first-order valence-electron chi connectivity index (χ1n) is 10.5. The molecule has 2 aromatic carbocycles. The van der Waals surface area contributed by atoms with Crippen molar-refractivity contribution in [3.05, 3.63) is 77.1 Å². The van der Waals surface area contributed by atoms with E-state index >= 15 is 0 Å². The molecule has 0 N–H and O–H groups in total. The maximum atomic E-state index is 12.1. The van der Waals surface area contributed by atoms with E-state index in [4.69, 9.17) is 4.74 Å². The van der Waals surface area contributed by atoms with Crippen molar-refractivity contribution in [1.29, 1.82) is 5.26 Å². The lowest BCUT2D eigenvalue weighted by Gasteiger charge is -2.09. The lowest BCUT2D eigenvalue weighted by Crippen LogP contribution is -2.09. The second-order valence-electron chi connectivity index (χ2n) is 7.21. The maximum absolute atomic E-state index is 12.1. The van der Waals surface area contributed by atoms with E-state index in [-0.39, 0.29) is 5.97 Å². The van der Waals surface area contributed by atoms with E-state index in [1.54, 1.807) is 6.92 Å². The number of hydrogen-bond acceptors (Lipinski definition) is 4. The molecule has 0 saturated carbocycles. The fourth-order valence-corrected chi connectivity index (χ4v) is 3.45. The highest BCUT2D eigenvalue weighted by Crippen LogP contribution is 2.24. The molecule has 3 aromatic rings. The molecular weight excluding hydrogens is 374 g/mol. The number of carbonyl (C=O) groups is 1. The first-order chi connectivity index (χ1) is 14.7. The molecule has 0 amide bonds. The van der Waals surface area contributed by atoms with Crippen LogP contribution in [0.15, 0.2) is 54.6 Å². The van der Waals surface area contributed by atoms with Gasteiger partial charge < -0.3 is 4.74 Å². The highest BCUT2D eigenvalue weighted by Gasteiger charge is 2.15. The maximum Gasteiger partial charge on any atom is 0.358 e. The minimum Gasteiger partial charge on any atom is -0.461 e. The molecule has 5 heteroatoms. The Kier molecular flexibility index (Phi) is 7.40. The third-order valence-corrected chi connectivity index (χ3v) is 5.03. The summed E-state index contributed by atoms with van der Waals surface area (Å²) in [7, 11) is 0. The monoisotopic (exact) mass is 401 g/mol. The molecule has 0 saturated heterocycles. The van der Waals surface area contributed by atoms with Gasteiger partial charge in [-0.15, -0.1) is 0 Å². The van der Waals surface area contributed by atoms with Gasteiger partial charge >= 0.3 is 5.97 Å². The van der Waals surface area contributed by atoms with Gasteiger partial charge in [-0.3, -0.25) is 4.68 Å². The average molecular weight is 402 g/mol. The van der Waals surface area contributed by atoms with Gasteiger partial charge in [-0.1, -0.05) is 62.2 Å². The number of nitriles is 1. The van der Waals surface area contributed by atoms with Crippen LogP contribution in [-0.2, 0) is 17.7 Å². The predicted molar refractivity (Wildman–Crippen MR) is 117 cm³/mol. The summed E-state index contributed by atoms with van der Waals surface area (Å²) in [6.07, 6.45) is 4.24. The van der Waals surface area contributed by atoms with Crippen LogP contribution >= 0.6 is 0 Å². The third kappa shape index (κ3) is 5.15. The molecule has 0 bridgehead atoms. The van der Waals surface area contributed by atoms with Gasteiger partial charge in [0.05, 0.1) is 24.8 Å². The topological polar surface area (TPSA) is 67.9 Å². The van der Waals surface area contributed by atoms with Gasteiger partial charge in [0.1, 0.15) is 0 Å². The zero-order chi connectivity index (χ0) is 21.3. The third-order valence-electron chi connectivity index (χ3n) is 5.03. The molecule has 0 aliphatic heterocycles. The molecule has 0 unspecified atom stereocenters. The van der Waals surface area contributed by atoms with Crippen molar-refractivity contribution in [2.24, 2.45) is 0 Å². The summed E-state index contributed by atoms with van der Waals surface area (Å²) >= 11 is 0. The Bertz CT molecular complexity index is 1030. The summed E-state index contributed by atoms with van der Waals surface area (Å²) in [5.41, 5.74) is 5.09. The lowest BCUT2D eigenvalue weighted by atomic mass is 9.99. The van der Waals surface area contributed by atoms with Gasteiger partial charge in [-0.2, -0.15) is 10.4 Å². The summed E-state index contributed by atoms with van der Waals surface area (Å²) in [6, 6.07) is 19.8. The summed E-state index contributed by atoms with van der Waals surface area (Å²) < 4.78 is 7.02. The quantitative estimate of drug-likeness (QED) is 0.357. The van der Waals surface area contributed by atoms with Gasteiger partial charge in [0, 0.05) is 5.69 Å². The summed E-state index contributed by atoms with van der Waals surface area (Å²) in [6.45, 7) is 4.89. The van der Waals surface area contributed by atoms with Crippen LogP contribution in [0.3, 0.4) is 0 Å². The van der Waals surface area contributed by atoms with Gasteiger partial charge in [0.15, 0.2) is 5.69 Å². The Morgan fingerprint density at radius 3 is 2.57 bits per heavy atom. The minimum absolute atomic E-state index is 0.336. The van der Waals surface area contributed by atoms with Gasteiger partial charge in [0.25, 0.3) is 0 Å². The smallest absolute Gasteiger partial charge is 0.358 e. The van der Waals surface area contributed by atoms with E-state index in [2.05, 4.69) is 18.1 Å². The summed E-state index contributed by atoms with van der Waals surface area (Å²) in [5, 5.41) is 13.8. The van der Waals surface area contributed by atoms with Crippen LogP contribution in [0.4, 0.5) is 0 Å². The second kappa shape index (κ2) is 10.4. The van der Waals surface area contributed by atoms with Crippen molar-refractivity contribution in [2.75, 3.05) is 6.61 Å². The number of nitrogens with zero attached hydrogens (tertiary/aromatic N) is 3. The van der Waals surface area contributed by atoms with Gasteiger partial charge in [0.2, 0.25) is 0 Å². The number of benzene rings is 2. The zero-order valence-corrected chi connectivity index (χ0v) is 17.6. The average Bonchev–Trinajstić information content (AvgIpc) is 3.17. The van der Waals surface area contributed by atoms with Crippen LogP contribution in [0, 0.1) is 11.3 Å². The van der Waals surface area contributed by atoms with Crippen LogP contribution in [0.5, 0.6) is 0 Å². The molecule has 30 heavy (non-hydrogen) atoms. The van der Waals surface area contributed by atoms with Crippen LogP contribution in [0.2, 0.25) is 0 Å². The van der Waals surface area contributed by atoms with E-state index in [1.807, 2.05) is 59.3 Å². The highest BCUT2D eigenvalue weighted by atomic mass is 16.5. The fourth-order valence-electron chi connectivity index (χ4n) is 3.45. The molecule has 0 spiro atoms. The SMILES string of the molecule is CCCCCc1cc(C(=O)OCC)nn1Cc1ccc(-c2ccccc2C#N)cc1. The molecular formula is C25H27N3O2. The summed E-state index contributed by atoms with van der Waals surface area (Å²) in [5.74, 6) is -0.378. The Balaban J connectivity index is 1.82. The Labute approximate surface area is 177 Å². The first kappa shape index (κ1) is 21.3. The number of aryl methyl sites for hydroxylation is 1. The molecule has 0 aliphatic carbocycles. The lowest BCUT2D eigenvalue weighted by molar-refractivity contribution is 0.0518. The molecule has 3 rings (SSSR count). The number of ether oxygens (including phenoxy) is 1. The standard InChI is InChI=1S/C25H27N3O2/c1-3-5-6-10-22-16-24(25(29)30-4-2)27-28(22)18-19-12-14-20(15-13-19)23-11-8-7-9-21(23)17-26/h7-9,11-16H,3-6,10,18H2,1-2H3. The predicted octanol–water partition coefficient (Wildman–Crippen LogP) is 5.38. The molecule has 0 radical (unpaired) electrons. The van der Waals surface area contributed by atoms with Gasteiger partial charge in [-0.25, -0.2) is 4.79 Å². The van der Waals surface area contributed by atoms with Crippen molar-refractivity contribution in [2.45, 2.75) is 46.1 Å². The van der Waals surface area contributed by atoms with Crippen molar-refractivity contribution in [3.63, 3.8) is 0 Å². The second-order valence-corrected chi connectivity index (χ2v) is 7.21. The molecule has 0 aliphatic rings. The van der Waals surface area contributed by atoms with Crippen molar-refractivity contribution in [3.8, 4) is 17.2 Å². The molecule has 0 atom stereocenters.